The van der Waals surface area contributed by atoms with Crippen molar-refractivity contribution in [3.63, 3.8) is 0 Å². The van der Waals surface area contributed by atoms with Crippen molar-refractivity contribution < 1.29 is 14.7 Å². The number of carboxylic acid groups (broad SMARTS) is 1. The summed E-state index contributed by atoms with van der Waals surface area (Å²) < 4.78 is 0. The number of hydrogen-bond acceptors (Lipinski definition) is 3. The van der Waals surface area contributed by atoms with E-state index in [1.807, 2.05) is 34.1 Å². The molecule has 2 aliphatic heterocycles. The van der Waals surface area contributed by atoms with Crippen molar-refractivity contribution in [2.24, 2.45) is 5.41 Å². The Morgan fingerprint density at radius 3 is 2.58 bits per heavy atom. The lowest BCUT2D eigenvalue weighted by atomic mass is 9.86. The number of anilines is 1. The number of urea groups is 1. The first kappa shape index (κ1) is 18.5. The van der Waals surface area contributed by atoms with E-state index in [2.05, 4.69) is 5.32 Å². The second-order valence-corrected chi connectivity index (χ2v) is 6.98. The van der Waals surface area contributed by atoms with Gasteiger partial charge in [-0.05, 0) is 38.0 Å². The molecule has 2 amide bonds. The number of benzene rings is 1. The van der Waals surface area contributed by atoms with Crippen LogP contribution in [0.2, 0.25) is 0 Å². The number of nitrogens with one attached hydrogen (secondary N) is 1. The number of amides is 2. The number of nitrogens with zero attached hydrogens (tertiary/aromatic N) is 2. The molecule has 2 fully saturated rings. The molecule has 2 saturated heterocycles. The van der Waals surface area contributed by atoms with E-state index in [1.165, 1.54) is 0 Å². The van der Waals surface area contributed by atoms with Gasteiger partial charge in [0.2, 0.25) is 0 Å². The molecule has 0 radical (unpaired) electrons. The Morgan fingerprint density at radius 1 is 1.33 bits per heavy atom. The zero-order valence-corrected chi connectivity index (χ0v) is 14.8. The second-order valence-electron chi connectivity index (χ2n) is 6.98. The van der Waals surface area contributed by atoms with Crippen molar-refractivity contribution >= 4 is 30.1 Å². The molecule has 2 aliphatic rings. The second kappa shape index (κ2) is 6.99. The fourth-order valence-electron chi connectivity index (χ4n) is 3.22. The van der Waals surface area contributed by atoms with Gasteiger partial charge in [0, 0.05) is 31.9 Å². The zero-order valence-electron chi connectivity index (χ0n) is 14.0. The predicted octanol–water partition coefficient (Wildman–Crippen LogP) is 1.98. The number of carboxylic acids is 1. The molecule has 3 rings (SSSR count). The minimum absolute atomic E-state index is 0. The Balaban J connectivity index is 0.00000208. The summed E-state index contributed by atoms with van der Waals surface area (Å²) in [7, 11) is 0. The Kier molecular flexibility index (Phi) is 5.40. The van der Waals surface area contributed by atoms with Crippen LogP contribution in [0, 0.1) is 5.41 Å². The molecule has 1 aromatic rings. The molecule has 1 unspecified atom stereocenters. The average molecular weight is 354 g/mol. The summed E-state index contributed by atoms with van der Waals surface area (Å²) in [6.07, 6.45) is 0.467. The largest absolute Gasteiger partial charge is 0.481 e. The van der Waals surface area contributed by atoms with Gasteiger partial charge in [-0.25, -0.2) is 4.79 Å². The molecule has 2 heterocycles. The molecule has 1 aromatic carbocycles. The summed E-state index contributed by atoms with van der Waals surface area (Å²) in [4.78, 5) is 27.5. The number of carbonyl (C=O) groups excluding carboxylic acids is 1. The molecular weight excluding hydrogens is 330 g/mol. The summed E-state index contributed by atoms with van der Waals surface area (Å²) in [5, 5.41) is 12.5. The number of carbonyl (C=O) groups is 2. The van der Waals surface area contributed by atoms with Crippen LogP contribution in [-0.4, -0.2) is 54.2 Å². The summed E-state index contributed by atoms with van der Waals surface area (Å²) >= 11 is 0. The third-order valence-electron chi connectivity index (χ3n) is 4.69. The molecule has 7 heteroatoms. The van der Waals surface area contributed by atoms with E-state index < -0.39 is 11.4 Å². The first-order chi connectivity index (χ1) is 10.9. The van der Waals surface area contributed by atoms with Gasteiger partial charge in [0.25, 0.3) is 0 Å². The van der Waals surface area contributed by atoms with Crippen molar-refractivity contribution in [3.8, 4) is 0 Å². The molecule has 132 valence electrons. The molecule has 0 spiro atoms. The maximum atomic E-state index is 12.5. The van der Waals surface area contributed by atoms with E-state index in [4.69, 9.17) is 0 Å². The van der Waals surface area contributed by atoms with Crippen molar-refractivity contribution in [1.29, 1.82) is 0 Å². The maximum Gasteiger partial charge on any atom is 0.324 e. The van der Waals surface area contributed by atoms with Crippen LogP contribution in [0.4, 0.5) is 10.5 Å². The van der Waals surface area contributed by atoms with Crippen LogP contribution in [-0.2, 0) is 11.2 Å². The molecule has 24 heavy (non-hydrogen) atoms. The van der Waals surface area contributed by atoms with Gasteiger partial charge in [-0.2, -0.15) is 0 Å². The van der Waals surface area contributed by atoms with Gasteiger partial charge >= 0.3 is 12.0 Å². The van der Waals surface area contributed by atoms with Gasteiger partial charge in [-0.3, -0.25) is 9.69 Å². The maximum absolute atomic E-state index is 12.5. The van der Waals surface area contributed by atoms with Crippen LogP contribution in [0.15, 0.2) is 24.3 Å². The number of halogens is 1. The average Bonchev–Trinajstić information content (AvgIpc) is 2.85. The summed E-state index contributed by atoms with van der Waals surface area (Å²) in [5.74, 6) is -0.805. The number of piperazine rings is 1. The molecule has 2 N–H and O–H groups in total. The lowest BCUT2D eigenvalue weighted by Crippen LogP contribution is -2.49. The highest BCUT2D eigenvalue weighted by Gasteiger charge is 2.39. The van der Waals surface area contributed by atoms with E-state index in [-0.39, 0.29) is 24.5 Å². The van der Waals surface area contributed by atoms with Crippen LogP contribution in [0.5, 0.6) is 0 Å². The van der Waals surface area contributed by atoms with Crippen molar-refractivity contribution in [3.05, 3.63) is 29.8 Å². The summed E-state index contributed by atoms with van der Waals surface area (Å²) in [6.45, 7) is 6.58. The van der Waals surface area contributed by atoms with E-state index in [1.54, 1.807) is 13.8 Å². The fourth-order valence-corrected chi connectivity index (χ4v) is 3.22. The Morgan fingerprint density at radius 2 is 2.00 bits per heavy atom. The minimum Gasteiger partial charge on any atom is -0.481 e. The third kappa shape index (κ3) is 3.49. The number of fused-ring (bicyclic) bond motifs is 1. The standard InChI is InChI=1S/C17H23N3O3.ClH/c1-17(2,15(21)22)9-12-3-5-13(6-4-12)20-11-14-10-18-7-8-19(14)16(20)23;/h3-6,14,18H,7-11H2,1-2H3,(H,21,22);1H. The normalized spacial score (nSPS) is 20.6. The molecule has 0 aromatic heterocycles. The first-order valence-electron chi connectivity index (χ1n) is 8.00. The SMILES string of the molecule is CC(C)(Cc1ccc(N2CC3CNCCN3C2=O)cc1)C(=O)O.Cl. The van der Waals surface area contributed by atoms with Crippen LogP contribution in [0.25, 0.3) is 0 Å². The van der Waals surface area contributed by atoms with Crippen molar-refractivity contribution in [2.45, 2.75) is 26.3 Å². The topological polar surface area (TPSA) is 72.9 Å². The monoisotopic (exact) mass is 353 g/mol. The van der Waals surface area contributed by atoms with Crippen LogP contribution < -0.4 is 10.2 Å². The molecule has 0 aliphatic carbocycles. The van der Waals surface area contributed by atoms with Crippen LogP contribution >= 0.6 is 12.4 Å². The molecule has 6 nitrogen and oxygen atoms in total. The fraction of sp³-hybridized carbons (Fsp3) is 0.529. The van der Waals surface area contributed by atoms with Crippen molar-refractivity contribution in [2.75, 3.05) is 31.1 Å². The minimum atomic E-state index is -0.805. The smallest absolute Gasteiger partial charge is 0.324 e. The van der Waals surface area contributed by atoms with E-state index >= 15 is 0 Å². The predicted molar refractivity (Wildman–Crippen MR) is 94.9 cm³/mol. The van der Waals surface area contributed by atoms with Gasteiger partial charge in [0.15, 0.2) is 0 Å². The van der Waals surface area contributed by atoms with Gasteiger partial charge in [-0.15, -0.1) is 12.4 Å². The van der Waals surface area contributed by atoms with E-state index in [0.717, 1.165) is 30.9 Å². The van der Waals surface area contributed by atoms with E-state index in [9.17, 15) is 14.7 Å². The van der Waals surface area contributed by atoms with Gasteiger partial charge < -0.3 is 15.3 Å². The lowest BCUT2D eigenvalue weighted by molar-refractivity contribution is -0.146. The first-order valence-corrected chi connectivity index (χ1v) is 8.00. The Labute approximate surface area is 148 Å². The highest BCUT2D eigenvalue weighted by molar-refractivity contribution is 5.94. The summed E-state index contributed by atoms with van der Waals surface area (Å²) in [5.41, 5.74) is 1.05. The quantitative estimate of drug-likeness (QED) is 0.868. The van der Waals surface area contributed by atoms with Gasteiger partial charge in [0.05, 0.1) is 11.5 Å². The highest BCUT2D eigenvalue weighted by atomic mass is 35.5. The molecule has 0 saturated carbocycles. The molecular formula is C17H24ClN3O3. The van der Waals surface area contributed by atoms with E-state index in [0.29, 0.717) is 13.0 Å². The molecule has 1 atom stereocenters. The van der Waals surface area contributed by atoms with Crippen molar-refractivity contribution in [1.82, 2.24) is 10.2 Å². The highest BCUT2D eigenvalue weighted by Crippen LogP contribution is 2.27. The zero-order chi connectivity index (χ0) is 16.6. The number of hydrogen-bond donors (Lipinski definition) is 2. The number of rotatable bonds is 4. The Bertz CT molecular complexity index is 618. The van der Waals surface area contributed by atoms with Crippen LogP contribution in [0.3, 0.4) is 0 Å². The Hall–Kier alpha value is -1.79. The van der Waals surface area contributed by atoms with Gasteiger partial charge in [-0.1, -0.05) is 12.1 Å². The lowest BCUT2D eigenvalue weighted by Gasteiger charge is -2.28. The van der Waals surface area contributed by atoms with Crippen LogP contribution in [0.1, 0.15) is 19.4 Å². The van der Waals surface area contributed by atoms with Gasteiger partial charge in [0.1, 0.15) is 0 Å². The number of aliphatic carboxylic acids is 1. The third-order valence-corrected chi connectivity index (χ3v) is 4.69. The molecule has 0 bridgehead atoms. The summed E-state index contributed by atoms with van der Waals surface area (Å²) in [6, 6.07) is 7.97.